The minimum absolute atomic E-state index is 0.0101. The number of hydrogen-bond acceptors (Lipinski definition) is 5. The molecular weight excluding hydrogens is 363 g/mol. The van der Waals surface area contributed by atoms with E-state index in [1.54, 1.807) is 17.0 Å². The van der Waals surface area contributed by atoms with Crippen LogP contribution in [0.25, 0.3) is 11.3 Å². The lowest BCUT2D eigenvalue weighted by Gasteiger charge is -2.26. The van der Waals surface area contributed by atoms with E-state index < -0.39 is 0 Å². The summed E-state index contributed by atoms with van der Waals surface area (Å²) in [5, 5.41) is 4.12. The van der Waals surface area contributed by atoms with E-state index in [4.69, 9.17) is 14.0 Å². The van der Waals surface area contributed by atoms with Gasteiger partial charge in [0.1, 0.15) is 17.3 Å². The zero-order valence-electron chi connectivity index (χ0n) is 15.0. The van der Waals surface area contributed by atoms with Crippen molar-refractivity contribution in [1.82, 2.24) is 10.1 Å². The molecule has 5 rings (SSSR count). The van der Waals surface area contributed by atoms with Crippen LogP contribution in [0.1, 0.15) is 16.9 Å². The van der Waals surface area contributed by atoms with Crippen LogP contribution in [-0.4, -0.2) is 29.3 Å². The molecule has 0 aliphatic carbocycles. The van der Waals surface area contributed by atoms with Crippen molar-refractivity contribution in [2.75, 3.05) is 13.3 Å². The second kappa shape index (κ2) is 6.67. The quantitative estimate of drug-likeness (QED) is 0.697. The summed E-state index contributed by atoms with van der Waals surface area (Å²) in [6.45, 7) is 1.17. The molecule has 2 aliphatic heterocycles. The minimum atomic E-state index is -0.333. The van der Waals surface area contributed by atoms with Crippen LogP contribution in [0.3, 0.4) is 0 Å². The minimum Gasteiger partial charge on any atom is -0.454 e. The van der Waals surface area contributed by atoms with Crippen molar-refractivity contribution in [2.45, 2.75) is 19.4 Å². The molecule has 2 aliphatic rings. The number of ether oxygens (including phenoxy) is 2. The molecule has 0 saturated heterocycles. The molecular formula is C21H17FN2O4. The molecule has 0 unspecified atom stereocenters. The SMILES string of the molecule is O=C(Cc1ccc2c(c1)OCO2)N1CCc2onc(-c3cccc(F)c3)c2C1. The molecule has 0 saturated carbocycles. The summed E-state index contributed by atoms with van der Waals surface area (Å²) in [5.41, 5.74) is 2.96. The highest BCUT2D eigenvalue weighted by Crippen LogP contribution is 2.33. The summed E-state index contributed by atoms with van der Waals surface area (Å²) in [6.07, 6.45) is 0.858. The van der Waals surface area contributed by atoms with Gasteiger partial charge in [0.25, 0.3) is 0 Å². The van der Waals surface area contributed by atoms with Crippen LogP contribution in [0.5, 0.6) is 11.5 Å². The third kappa shape index (κ3) is 2.98. The lowest BCUT2D eigenvalue weighted by molar-refractivity contribution is -0.131. The molecule has 0 radical (unpaired) electrons. The predicted molar refractivity (Wildman–Crippen MR) is 97.3 cm³/mol. The molecule has 0 fully saturated rings. The molecule has 1 aromatic heterocycles. The first-order chi connectivity index (χ1) is 13.7. The summed E-state index contributed by atoms with van der Waals surface area (Å²) in [5.74, 6) is 1.80. The number of nitrogens with zero attached hydrogens (tertiary/aromatic N) is 2. The van der Waals surface area contributed by atoms with Gasteiger partial charge in [0.15, 0.2) is 11.5 Å². The molecule has 2 aromatic carbocycles. The number of aromatic nitrogens is 1. The summed E-state index contributed by atoms with van der Waals surface area (Å²) >= 11 is 0. The monoisotopic (exact) mass is 380 g/mol. The Bertz CT molecular complexity index is 1060. The number of rotatable bonds is 3. The Labute approximate surface area is 160 Å². The molecule has 7 heteroatoms. The molecule has 3 aromatic rings. The van der Waals surface area contributed by atoms with Gasteiger partial charge in [-0.1, -0.05) is 23.4 Å². The van der Waals surface area contributed by atoms with Gasteiger partial charge in [-0.3, -0.25) is 4.79 Å². The molecule has 0 spiro atoms. The largest absolute Gasteiger partial charge is 0.454 e. The van der Waals surface area contributed by atoms with Crippen LogP contribution < -0.4 is 9.47 Å². The highest BCUT2D eigenvalue weighted by atomic mass is 19.1. The van der Waals surface area contributed by atoms with Crippen molar-refractivity contribution in [3.05, 3.63) is 65.2 Å². The summed E-state index contributed by atoms with van der Waals surface area (Å²) in [7, 11) is 0. The highest BCUT2D eigenvalue weighted by molar-refractivity contribution is 5.80. The maximum atomic E-state index is 13.6. The van der Waals surface area contributed by atoms with Crippen molar-refractivity contribution >= 4 is 5.91 Å². The lowest BCUT2D eigenvalue weighted by Crippen LogP contribution is -2.36. The zero-order chi connectivity index (χ0) is 19.1. The third-order valence-electron chi connectivity index (χ3n) is 5.07. The molecule has 0 atom stereocenters. The van der Waals surface area contributed by atoms with Crippen molar-refractivity contribution in [3.63, 3.8) is 0 Å². The van der Waals surface area contributed by atoms with Crippen LogP contribution in [-0.2, 0) is 24.2 Å². The Morgan fingerprint density at radius 1 is 1.14 bits per heavy atom. The second-order valence-electron chi connectivity index (χ2n) is 6.87. The van der Waals surface area contributed by atoms with Crippen molar-refractivity contribution in [1.29, 1.82) is 0 Å². The van der Waals surface area contributed by atoms with Gasteiger partial charge >= 0.3 is 0 Å². The number of benzene rings is 2. The molecule has 6 nitrogen and oxygen atoms in total. The molecule has 142 valence electrons. The fraction of sp³-hybridized carbons (Fsp3) is 0.238. The molecule has 0 N–H and O–H groups in total. The Balaban J connectivity index is 1.35. The van der Waals surface area contributed by atoms with Crippen LogP contribution in [0.2, 0.25) is 0 Å². The average molecular weight is 380 g/mol. The topological polar surface area (TPSA) is 64.8 Å². The molecule has 28 heavy (non-hydrogen) atoms. The van der Waals surface area contributed by atoms with Gasteiger partial charge < -0.3 is 18.9 Å². The maximum absolute atomic E-state index is 13.6. The van der Waals surface area contributed by atoms with E-state index in [0.717, 1.165) is 16.9 Å². The van der Waals surface area contributed by atoms with E-state index in [9.17, 15) is 9.18 Å². The van der Waals surface area contributed by atoms with Gasteiger partial charge in [-0.15, -0.1) is 0 Å². The second-order valence-corrected chi connectivity index (χ2v) is 6.87. The summed E-state index contributed by atoms with van der Waals surface area (Å²) in [6, 6.07) is 11.8. The van der Waals surface area contributed by atoms with Crippen molar-refractivity contribution in [3.8, 4) is 22.8 Å². The third-order valence-corrected chi connectivity index (χ3v) is 5.07. The zero-order valence-corrected chi connectivity index (χ0v) is 15.0. The molecule has 0 bridgehead atoms. The number of halogens is 1. The van der Waals surface area contributed by atoms with Crippen molar-refractivity contribution in [2.24, 2.45) is 0 Å². The first-order valence-corrected chi connectivity index (χ1v) is 9.07. The van der Waals surface area contributed by atoms with Gasteiger partial charge in [-0.05, 0) is 29.8 Å². The number of hydrogen-bond donors (Lipinski definition) is 0. The van der Waals surface area contributed by atoms with Gasteiger partial charge in [0, 0.05) is 24.1 Å². The van der Waals surface area contributed by atoms with E-state index in [1.807, 2.05) is 18.2 Å². The Morgan fingerprint density at radius 2 is 2.04 bits per heavy atom. The maximum Gasteiger partial charge on any atom is 0.231 e. The Hall–Kier alpha value is -3.35. The smallest absolute Gasteiger partial charge is 0.231 e. The Morgan fingerprint density at radius 3 is 2.93 bits per heavy atom. The van der Waals surface area contributed by atoms with Gasteiger partial charge in [0.05, 0.1) is 13.0 Å². The van der Waals surface area contributed by atoms with Crippen LogP contribution in [0.15, 0.2) is 47.0 Å². The van der Waals surface area contributed by atoms with Crippen LogP contribution >= 0.6 is 0 Å². The summed E-state index contributed by atoms with van der Waals surface area (Å²) in [4.78, 5) is 14.6. The van der Waals surface area contributed by atoms with Crippen LogP contribution in [0, 0.1) is 5.82 Å². The first-order valence-electron chi connectivity index (χ1n) is 9.07. The first kappa shape index (κ1) is 16.8. The average Bonchev–Trinajstić information content (AvgIpc) is 3.33. The number of fused-ring (bicyclic) bond motifs is 2. The van der Waals surface area contributed by atoms with E-state index in [0.29, 0.717) is 42.3 Å². The standard InChI is InChI=1S/C21H17FN2O4/c22-15-3-1-2-14(10-15)21-16-11-24(7-6-17(16)28-23-21)20(25)9-13-4-5-18-19(8-13)27-12-26-18/h1-5,8,10H,6-7,9,11-12H2. The van der Waals surface area contributed by atoms with Gasteiger partial charge in [-0.2, -0.15) is 0 Å². The van der Waals surface area contributed by atoms with Gasteiger partial charge in [0.2, 0.25) is 12.7 Å². The number of carbonyl (C=O) groups is 1. The number of amides is 1. The fourth-order valence-electron chi connectivity index (χ4n) is 3.62. The van der Waals surface area contributed by atoms with E-state index >= 15 is 0 Å². The van der Waals surface area contributed by atoms with E-state index in [2.05, 4.69) is 5.16 Å². The lowest BCUT2D eigenvalue weighted by atomic mass is 10.0. The molecule has 3 heterocycles. The predicted octanol–water partition coefficient (Wildman–Crippen LogP) is 3.34. The van der Waals surface area contributed by atoms with E-state index in [-0.39, 0.29) is 24.9 Å². The Kier molecular flexibility index (Phi) is 4.00. The fourth-order valence-corrected chi connectivity index (χ4v) is 3.62. The number of carbonyl (C=O) groups excluding carboxylic acids is 1. The molecule has 1 amide bonds. The normalized spacial score (nSPS) is 14.8. The van der Waals surface area contributed by atoms with E-state index in [1.165, 1.54) is 12.1 Å². The summed E-state index contributed by atoms with van der Waals surface area (Å²) < 4.78 is 29.7. The van der Waals surface area contributed by atoms with Crippen molar-refractivity contribution < 1.29 is 23.2 Å². The van der Waals surface area contributed by atoms with Crippen LogP contribution in [0.4, 0.5) is 4.39 Å². The highest BCUT2D eigenvalue weighted by Gasteiger charge is 2.28. The van der Waals surface area contributed by atoms with Gasteiger partial charge in [-0.25, -0.2) is 4.39 Å².